The van der Waals surface area contributed by atoms with Gasteiger partial charge in [-0.05, 0) is 57.5 Å². The summed E-state index contributed by atoms with van der Waals surface area (Å²) in [6.07, 6.45) is -0.212. The van der Waals surface area contributed by atoms with Crippen molar-refractivity contribution in [1.29, 1.82) is 0 Å². The number of hydrogen-bond acceptors (Lipinski definition) is 4. The van der Waals surface area contributed by atoms with Crippen molar-refractivity contribution in [2.75, 3.05) is 13.1 Å². The normalized spacial score (nSPS) is 11.2. The first-order chi connectivity index (χ1) is 13.8. The molecule has 2 aromatic rings. The fourth-order valence-corrected chi connectivity index (χ4v) is 3.39. The number of aromatic nitrogens is 1. The van der Waals surface area contributed by atoms with E-state index in [4.69, 9.17) is 4.74 Å². The number of carbonyl (C=O) groups excluding carboxylic acids is 2. The van der Waals surface area contributed by atoms with Gasteiger partial charge in [-0.1, -0.05) is 38.1 Å². The summed E-state index contributed by atoms with van der Waals surface area (Å²) in [4.78, 5) is 30.5. The molecule has 0 aliphatic rings. The molecular weight excluding hydrogens is 366 g/mol. The van der Waals surface area contributed by atoms with Crippen LogP contribution in [0, 0.1) is 13.8 Å². The highest BCUT2D eigenvalue weighted by Crippen LogP contribution is 2.20. The van der Waals surface area contributed by atoms with Crippen molar-refractivity contribution < 1.29 is 14.3 Å². The lowest BCUT2D eigenvalue weighted by Crippen LogP contribution is -2.26. The molecule has 0 radical (unpaired) electrons. The van der Waals surface area contributed by atoms with Crippen molar-refractivity contribution in [2.24, 2.45) is 0 Å². The summed E-state index contributed by atoms with van der Waals surface area (Å²) in [6, 6.07) is 8.15. The van der Waals surface area contributed by atoms with Crippen molar-refractivity contribution in [3.63, 3.8) is 0 Å². The zero-order chi connectivity index (χ0) is 21.6. The van der Waals surface area contributed by atoms with E-state index in [1.165, 1.54) is 5.56 Å². The van der Waals surface area contributed by atoms with E-state index in [0.717, 1.165) is 25.2 Å². The number of carbonyl (C=O) groups is 2. The van der Waals surface area contributed by atoms with Gasteiger partial charge in [0.1, 0.15) is 5.69 Å². The van der Waals surface area contributed by atoms with E-state index in [0.29, 0.717) is 29.1 Å². The predicted molar refractivity (Wildman–Crippen MR) is 115 cm³/mol. The molecular formula is C23H33N3O3. The number of nitrogens with one attached hydrogen (secondary N) is 2. The molecule has 0 fully saturated rings. The maximum Gasteiger partial charge on any atom is 0.340 e. The molecule has 2 N–H and O–H groups in total. The lowest BCUT2D eigenvalue weighted by molar-refractivity contribution is 0.0376. The van der Waals surface area contributed by atoms with E-state index in [1.54, 1.807) is 27.7 Å². The number of hydrogen-bond donors (Lipinski definition) is 2. The number of ether oxygens (including phenoxy) is 1. The summed E-state index contributed by atoms with van der Waals surface area (Å²) in [5.74, 6) is -0.637. The fraction of sp³-hybridized carbons (Fsp3) is 0.478. The number of amides is 1. The van der Waals surface area contributed by atoms with Crippen LogP contribution in [0.25, 0.3) is 0 Å². The lowest BCUT2D eigenvalue weighted by Gasteiger charge is -2.20. The summed E-state index contributed by atoms with van der Waals surface area (Å²) < 4.78 is 5.30. The van der Waals surface area contributed by atoms with Crippen LogP contribution in [0.3, 0.4) is 0 Å². The third-order valence-corrected chi connectivity index (χ3v) is 5.06. The van der Waals surface area contributed by atoms with Crippen LogP contribution in [0.5, 0.6) is 0 Å². The summed E-state index contributed by atoms with van der Waals surface area (Å²) in [7, 11) is 0. The largest absolute Gasteiger partial charge is 0.459 e. The van der Waals surface area contributed by atoms with Gasteiger partial charge in [-0.2, -0.15) is 0 Å². The smallest absolute Gasteiger partial charge is 0.340 e. The molecule has 0 saturated heterocycles. The first-order valence-corrected chi connectivity index (χ1v) is 10.3. The van der Waals surface area contributed by atoms with Crippen LogP contribution in [0.15, 0.2) is 24.3 Å². The molecule has 29 heavy (non-hydrogen) atoms. The van der Waals surface area contributed by atoms with Crippen LogP contribution in [-0.2, 0) is 17.8 Å². The molecule has 6 heteroatoms. The molecule has 0 aliphatic heterocycles. The maximum absolute atomic E-state index is 12.8. The molecule has 0 unspecified atom stereocenters. The van der Waals surface area contributed by atoms with Gasteiger partial charge in [0.15, 0.2) is 0 Å². The zero-order valence-electron chi connectivity index (χ0n) is 18.4. The molecule has 0 aliphatic carbocycles. The molecule has 0 bridgehead atoms. The Balaban J connectivity index is 2.14. The highest BCUT2D eigenvalue weighted by molar-refractivity contribution is 6.00. The SMILES string of the molecule is CCN(CC)Cc1ccccc1CNC(=O)c1[nH]c(C)c(C(=O)OC(C)C)c1C. The monoisotopic (exact) mass is 399 g/mol. The first kappa shape index (κ1) is 22.7. The number of benzene rings is 1. The van der Waals surface area contributed by atoms with Crippen LogP contribution in [-0.4, -0.2) is 41.0 Å². The van der Waals surface area contributed by atoms with E-state index < -0.39 is 5.97 Å². The van der Waals surface area contributed by atoms with Crippen molar-refractivity contribution in [3.8, 4) is 0 Å². The van der Waals surface area contributed by atoms with Crippen LogP contribution in [0.4, 0.5) is 0 Å². The van der Waals surface area contributed by atoms with Crippen LogP contribution >= 0.6 is 0 Å². The van der Waals surface area contributed by atoms with Gasteiger partial charge in [0.05, 0.1) is 11.7 Å². The van der Waals surface area contributed by atoms with Gasteiger partial charge in [0.2, 0.25) is 0 Å². The number of esters is 1. The molecule has 1 heterocycles. The molecule has 0 spiro atoms. The number of aryl methyl sites for hydroxylation is 1. The highest BCUT2D eigenvalue weighted by atomic mass is 16.5. The van der Waals surface area contributed by atoms with Crippen LogP contribution < -0.4 is 5.32 Å². The first-order valence-electron chi connectivity index (χ1n) is 10.3. The number of rotatable bonds is 9. The lowest BCUT2D eigenvalue weighted by atomic mass is 10.1. The van der Waals surface area contributed by atoms with E-state index in [2.05, 4.69) is 35.1 Å². The Morgan fingerprint density at radius 1 is 1.10 bits per heavy atom. The standard InChI is InChI=1S/C23H33N3O3/c1-7-26(8-2)14-19-12-10-9-11-18(19)13-24-22(27)21-16(5)20(17(6)25-21)23(28)29-15(3)4/h9-12,15,25H,7-8,13-14H2,1-6H3,(H,24,27). The van der Waals surface area contributed by atoms with Crippen molar-refractivity contribution in [3.05, 3.63) is 57.9 Å². The molecule has 0 atom stereocenters. The molecule has 6 nitrogen and oxygen atoms in total. The third-order valence-electron chi connectivity index (χ3n) is 5.06. The Labute approximate surface area is 173 Å². The van der Waals surface area contributed by atoms with Crippen LogP contribution in [0.1, 0.15) is 70.9 Å². The minimum atomic E-state index is -0.408. The number of nitrogens with zero attached hydrogens (tertiary/aromatic N) is 1. The average Bonchev–Trinajstić information content (AvgIpc) is 2.98. The molecule has 1 aromatic carbocycles. The number of H-pyrrole nitrogens is 1. The Bertz CT molecular complexity index is 851. The summed E-state index contributed by atoms with van der Waals surface area (Å²) in [5, 5.41) is 2.99. The van der Waals surface area contributed by atoms with Crippen molar-refractivity contribution in [1.82, 2.24) is 15.2 Å². The fourth-order valence-electron chi connectivity index (χ4n) is 3.39. The van der Waals surface area contributed by atoms with Crippen molar-refractivity contribution in [2.45, 2.75) is 60.7 Å². The van der Waals surface area contributed by atoms with E-state index >= 15 is 0 Å². The molecule has 0 saturated carbocycles. The van der Waals surface area contributed by atoms with E-state index in [-0.39, 0.29) is 12.0 Å². The van der Waals surface area contributed by atoms with E-state index in [9.17, 15) is 9.59 Å². The summed E-state index contributed by atoms with van der Waals surface area (Å²) in [6.45, 7) is 14.7. The molecule has 2 rings (SSSR count). The van der Waals surface area contributed by atoms with Crippen molar-refractivity contribution >= 4 is 11.9 Å². The second kappa shape index (κ2) is 10.3. The average molecular weight is 400 g/mol. The number of aromatic amines is 1. The Kier molecular flexibility index (Phi) is 8.02. The topological polar surface area (TPSA) is 74.4 Å². The van der Waals surface area contributed by atoms with Gasteiger partial charge in [-0.15, -0.1) is 0 Å². The van der Waals surface area contributed by atoms with E-state index in [1.807, 2.05) is 18.2 Å². The van der Waals surface area contributed by atoms with Gasteiger partial charge >= 0.3 is 5.97 Å². The molecule has 1 aromatic heterocycles. The van der Waals surface area contributed by atoms with Gasteiger partial charge in [-0.25, -0.2) is 4.79 Å². The van der Waals surface area contributed by atoms with Gasteiger partial charge in [0, 0.05) is 18.8 Å². The highest BCUT2D eigenvalue weighted by Gasteiger charge is 2.23. The quantitative estimate of drug-likeness (QED) is 0.626. The van der Waals surface area contributed by atoms with Crippen LogP contribution in [0.2, 0.25) is 0 Å². The Morgan fingerprint density at radius 3 is 2.31 bits per heavy atom. The minimum Gasteiger partial charge on any atom is -0.459 e. The maximum atomic E-state index is 12.8. The predicted octanol–water partition coefficient (Wildman–Crippen LogP) is 3.97. The molecule has 1 amide bonds. The Morgan fingerprint density at radius 2 is 1.72 bits per heavy atom. The second-order valence-electron chi connectivity index (χ2n) is 7.49. The Hall–Kier alpha value is -2.60. The molecule has 158 valence electrons. The summed E-state index contributed by atoms with van der Waals surface area (Å²) >= 11 is 0. The minimum absolute atomic E-state index is 0.212. The third kappa shape index (κ3) is 5.70. The summed E-state index contributed by atoms with van der Waals surface area (Å²) in [5.41, 5.74) is 4.39. The zero-order valence-corrected chi connectivity index (χ0v) is 18.4. The second-order valence-corrected chi connectivity index (χ2v) is 7.49. The van der Waals surface area contributed by atoms with Gasteiger partial charge < -0.3 is 15.0 Å². The van der Waals surface area contributed by atoms with Gasteiger partial charge in [0.25, 0.3) is 5.91 Å². The van der Waals surface area contributed by atoms with Gasteiger partial charge in [-0.3, -0.25) is 9.69 Å².